The van der Waals surface area contributed by atoms with Crippen LogP contribution in [0.2, 0.25) is 0 Å². The Hall–Kier alpha value is -2.49. The van der Waals surface area contributed by atoms with Crippen molar-refractivity contribution in [2.24, 2.45) is 0 Å². The number of para-hydroxylation sites is 1. The standard InChI is InChI=1S/C16H14N2O2/c1-10-5-6-12-14(9-10)20-16(18-12)11-3-2-4-13-15(11)19-8-7-17-13/h2-6,9,17H,7-8H2,1H3. The number of fused-ring (bicyclic) bond motifs is 2. The largest absolute Gasteiger partial charge is 0.489 e. The highest BCUT2D eigenvalue weighted by molar-refractivity contribution is 5.81. The van der Waals surface area contributed by atoms with Crippen LogP contribution >= 0.6 is 0 Å². The number of aryl methyl sites for hydroxylation is 1. The minimum Gasteiger partial charge on any atom is -0.489 e. The first kappa shape index (κ1) is 11.3. The van der Waals surface area contributed by atoms with Crippen LogP contribution in [0.3, 0.4) is 0 Å². The van der Waals surface area contributed by atoms with E-state index in [0.717, 1.165) is 40.2 Å². The molecular weight excluding hydrogens is 252 g/mol. The van der Waals surface area contributed by atoms with E-state index >= 15 is 0 Å². The Labute approximate surface area is 116 Å². The molecule has 4 nitrogen and oxygen atoms in total. The highest BCUT2D eigenvalue weighted by Gasteiger charge is 2.18. The molecule has 2 aromatic carbocycles. The minimum absolute atomic E-state index is 0.603. The maximum Gasteiger partial charge on any atom is 0.231 e. The van der Waals surface area contributed by atoms with Gasteiger partial charge in [0.1, 0.15) is 12.1 Å². The van der Waals surface area contributed by atoms with Crippen molar-refractivity contribution >= 4 is 16.8 Å². The third kappa shape index (κ3) is 1.72. The van der Waals surface area contributed by atoms with Gasteiger partial charge in [0.25, 0.3) is 0 Å². The number of rotatable bonds is 1. The molecule has 1 N–H and O–H groups in total. The Kier molecular flexibility index (Phi) is 2.42. The Morgan fingerprint density at radius 3 is 3.10 bits per heavy atom. The summed E-state index contributed by atoms with van der Waals surface area (Å²) in [5.41, 5.74) is 4.72. The molecule has 4 rings (SSSR count). The SMILES string of the molecule is Cc1ccc2nc(-c3cccc4c3OCCN4)oc2c1. The average molecular weight is 266 g/mol. The molecule has 0 saturated heterocycles. The molecule has 1 aromatic heterocycles. The maximum atomic E-state index is 5.88. The summed E-state index contributed by atoms with van der Waals surface area (Å²) in [5, 5.41) is 3.32. The number of oxazole rings is 1. The van der Waals surface area contributed by atoms with E-state index in [1.807, 2.05) is 43.3 Å². The van der Waals surface area contributed by atoms with Crippen molar-refractivity contribution in [3.05, 3.63) is 42.0 Å². The molecule has 20 heavy (non-hydrogen) atoms. The summed E-state index contributed by atoms with van der Waals surface area (Å²) in [6.07, 6.45) is 0. The lowest BCUT2D eigenvalue weighted by atomic mass is 10.1. The van der Waals surface area contributed by atoms with Gasteiger partial charge in [-0.3, -0.25) is 0 Å². The fraction of sp³-hybridized carbons (Fsp3) is 0.188. The highest BCUT2D eigenvalue weighted by atomic mass is 16.5. The fourth-order valence-corrected chi connectivity index (χ4v) is 2.49. The van der Waals surface area contributed by atoms with E-state index in [4.69, 9.17) is 9.15 Å². The Morgan fingerprint density at radius 1 is 1.20 bits per heavy atom. The van der Waals surface area contributed by atoms with Crippen molar-refractivity contribution in [3.63, 3.8) is 0 Å². The van der Waals surface area contributed by atoms with Gasteiger partial charge in [-0.15, -0.1) is 0 Å². The smallest absolute Gasteiger partial charge is 0.231 e. The van der Waals surface area contributed by atoms with Crippen LogP contribution in [0.5, 0.6) is 5.75 Å². The third-order valence-electron chi connectivity index (χ3n) is 3.45. The Bertz CT molecular complexity index is 792. The number of anilines is 1. The van der Waals surface area contributed by atoms with Gasteiger partial charge in [-0.25, -0.2) is 4.98 Å². The van der Waals surface area contributed by atoms with Gasteiger partial charge < -0.3 is 14.5 Å². The number of nitrogens with zero attached hydrogens (tertiary/aromatic N) is 1. The molecule has 3 aromatic rings. The first-order chi connectivity index (χ1) is 9.81. The maximum absolute atomic E-state index is 5.88. The predicted octanol–water partition coefficient (Wildman–Crippen LogP) is 3.61. The minimum atomic E-state index is 0.603. The van der Waals surface area contributed by atoms with Gasteiger partial charge in [0.05, 0.1) is 11.3 Å². The quantitative estimate of drug-likeness (QED) is 0.731. The van der Waals surface area contributed by atoms with Gasteiger partial charge in [-0.1, -0.05) is 12.1 Å². The van der Waals surface area contributed by atoms with Gasteiger partial charge >= 0.3 is 0 Å². The summed E-state index contributed by atoms with van der Waals surface area (Å²) in [4.78, 5) is 4.56. The van der Waals surface area contributed by atoms with E-state index in [1.165, 1.54) is 0 Å². The second kappa shape index (κ2) is 4.27. The second-order valence-electron chi connectivity index (χ2n) is 4.95. The van der Waals surface area contributed by atoms with Crippen molar-refractivity contribution in [2.45, 2.75) is 6.92 Å². The third-order valence-corrected chi connectivity index (χ3v) is 3.45. The molecule has 100 valence electrons. The van der Waals surface area contributed by atoms with Crippen LogP contribution in [0.1, 0.15) is 5.56 Å². The lowest BCUT2D eigenvalue weighted by Crippen LogP contribution is -2.18. The molecular formula is C16H14N2O2. The first-order valence-electron chi connectivity index (χ1n) is 6.68. The van der Waals surface area contributed by atoms with Crippen LogP contribution in [-0.4, -0.2) is 18.1 Å². The monoisotopic (exact) mass is 266 g/mol. The van der Waals surface area contributed by atoms with Crippen molar-refractivity contribution in [1.82, 2.24) is 4.98 Å². The van der Waals surface area contributed by atoms with Crippen molar-refractivity contribution in [3.8, 4) is 17.2 Å². The number of hydrogen-bond donors (Lipinski definition) is 1. The van der Waals surface area contributed by atoms with Crippen LogP contribution in [0.15, 0.2) is 40.8 Å². The lowest BCUT2D eigenvalue weighted by Gasteiger charge is -2.20. The van der Waals surface area contributed by atoms with E-state index in [-0.39, 0.29) is 0 Å². The van der Waals surface area contributed by atoms with E-state index in [0.29, 0.717) is 12.5 Å². The molecule has 0 bridgehead atoms. The molecule has 1 aliphatic heterocycles. The summed E-state index contributed by atoms with van der Waals surface area (Å²) in [6, 6.07) is 12.0. The molecule has 0 aliphatic carbocycles. The fourth-order valence-electron chi connectivity index (χ4n) is 2.49. The van der Waals surface area contributed by atoms with Crippen LogP contribution in [0, 0.1) is 6.92 Å². The van der Waals surface area contributed by atoms with Gasteiger partial charge in [-0.2, -0.15) is 0 Å². The molecule has 0 fully saturated rings. The van der Waals surface area contributed by atoms with Crippen LogP contribution in [0.25, 0.3) is 22.6 Å². The summed E-state index contributed by atoms with van der Waals surface area (Å²) in [6.45, 7) is 3.52. The molecule has 0 radical (unpaired) electrons. The number of nitrogens with one attached hydrogen (secondary N) is 1. The topological polar surface area (TPSA) is 47.3 Å². The van der Waals surface area contributed by atoms with Gasteiger partial charge in [-0.05, 0) is 36.8 Å². The van der Waals surface area contributed by atoms with Gasteiger partial charge in [0, 0.05) is 6.54 Å². The molecule has 0 amide bonds. The molecule has 2 heterocycles. The normalized spacial score (nSPS) is 13.7. The van der Waals surface area contributed by atoms with Crippen molar-refractivity contribution < 1.29 is 9.15 Å². The van der Waals surface area contributed by atoms with E-state index in [1.54, 1.807) is 0 Å². The predicted molar refractivity (Wildman–Crippen MR) is 78.2 cm³/mol. The van der Waals surface area contributed by atoms with Crippen LogP contribution in [0.4, 0.5) is 5.69 Å². The zero-order chi connectivity index (χ0) is 13.5. The van der Waals surface area contributed by atoms with Crippen molar-refractivity contribution in [2.75, 3.05) is 18.5 Å². The zero-order valence-corrected chi connectivity index (χ0v) is 11.1. The summed E-state index contributed by atoms with van der Waals surface area (Å²) in [5.74, 6) is 1.42. The lowest BCUT2D eigenvalue weighted by molar-refractivity contribution is 0.324. The van der Waals surface area contributed by atoms with E-state index in [9.17, 15) is 0 Å². The van der Waals surface area contributed by atoms with Crippen molar-refractivity contribution in [1.29, 1.82) is 0 Å². The number of hydrogen-bond acceptors (Lipinski definition) is 4. The Balaban J connectivity index is 1.90. The van der Waals surface area contributed by atoms with Crippen LogP contribution in [-0.2, 0) is 0 Å². The van der Waals surface area contributed by atoms with Crippen LogP contribution < -0.4 is 10.1 Å². The zero-order valence-electron chi connectivity index (χ0n) is 11.1. The van der Waals surface area contributed by atoms with E-state index < -0.39 is 0 Å². The molecule has 4 heteroatoms. The average Bonchev–Trinajstić information content (AvgIpc) is 2.89. The summed E-state index contributed by atoms with van der Waals surface area (Å²) in [7, 11) is 0. The Morgan fingerprint density at radius 2 is 2.15 bits per heavy atom. The van der Waals surface area contributed by atoms with Gasteiger partial charge in [0.15, 0.2) is 11.3 Å². The number of ether oxygens (including phenoxy) is 1. The van der Waals surface area contributed by atoms with E-state index in [2.05, 4.69) is 10.3 Å². The number of benzene rings is 2. The molecule has 1 aliphatic rings. The summed E-state index contributed by atoms with van der Waals surface area (Å²) < 4.78 is 11.6. The molecule has 0 atom stereocenters. The molecule has 0 saturated carbocycles. The number of aromatic nitrogens is 1. The molecule has 0 spiro atoms. The second-order valence-corrected chi connectivity index (χ2v) is 4.95. The first-order valence-corrected chi connectivity index (χ1v) is 6.68. The highest BCUT2D eigenvalue weighted by Crippen LogP contribution is 2.38. The summed E-state index contributed by atoms with van der Waals surface area (Å²) >= 11 is 0. The van der Waals surface area contributed by atoms with Gasteiger partial charge in [0.2, 0.25) is 5.89 Å². The molecule has 0 unspecified atom stereocenters.